The molecule has 0 fully saturated rings. The highest BCUT2D eigenvalue weighted by molar-refractivity contribution is 6.14. The summed E-state index contributed by atoms with van der Waals surface area (Å²) in [7, 11) is 0. The first kappa shape index (κ1) is 19.3. The summed E-state index contributed by atoms with van der Waals surface area (Å²) in [4.78, 5) is 35.6. The van der Waals surface area contributed by atoms with Crippen LogP contribution in [0.1, 0.15) is 58.9 Å². The van der Waals surface area contributed by atoms with Gasteiger partial charge in [-0.05, 0) is 12.5 Å². The van der Waals surface area contributed by atoms with Crippen LogP contribution in [0.5, 0.6) is 0 Å². The molecule has 26 heavy (non-hydrogen) atoms. The molecular weight excluding hydrogens is 334 g/mol. The zero-order valence-electron chi connectivity index (χ0n) is 14.6. The van der Waals surface area contributed by atoms with E-state index in [0.717, 1.165) is 31.7 Å². The van der Waals surface area contributed by atoms with Gasteiger partial charge in [0.15, 0.2) is 5.78 Å². The van der Waals surface area contributed by atoms with E-state index in [2.05, 4.69) is 6.92 Å². The minimum absolute atomic E-state index is 0.0241. The molecule has 6 nitrogen and oxygen atoms in total. The Kier molecular flexibility index (Phi) is 7.02. The van der Waals surface area contributed by atoms with E-state index in [9.17, 15) is 19.7 Å². The van der Waals surface area contributed by atoms with Gasteiger partial charge in [0.05, 0.1) is 17.1 Å². The molecule has 136 valence electrons. The van der Waals surface area contributed by atoms with Gasteiger partial charge in [0.2, 0.25) is 0 Å². The third kappa shape index (κ3) is 4.99. The van der Waals surface area contributed by atoms with Crippen molar-refractivity contribution < 1.29 is 19.2 Å². The number of benzene rings is 2. The van der Waals surface area contributed by atoms with Gasteiger partial charge in [-0.3, -0.25) is 14.9 Å². The second kappa shape index (κ2) is 9.46. The van der Waals surface area contributed by atoms with Crippen LogP contribution in [0.15, 0.2) is 48.5 Å². The zero-order chi connectivity index (χ0) is 18.9. The Bertz CT molecular complexity index is 786. The maximum absolute atomic E-state index is 12.7. The molecule has 2 aromatic rings. The number of carbonyl (C=O) groups excluding carboxylic acids is 2. The highest BCUT2D eigenvalue weighted by Crippen LogP contribution is 2.22. The molecule has 0 bridgehead atoms. The molecule has 0 atom stereocenters. The van der Waals surface area contributed by atoms with Crippen molar-refractivity contribution in [3.05, 3.63) is 75.3 Å². The van der Waals surface area contributed by atoms with Crippen molar-refractivity contribution in [1.82, 2.24) is 0 Å². The van der Waals surface area contributed by atoms with Crippen LogP contribution in [0.2, 0.25) is 0 Å². The molecule has 6 heteroatoms. The molecule has 0 unspecified atom stereocenters. The van der Waals surface area contributed by atoms with Crippen LogP contribution in [0, 0.1) is 10.1 Å². The van der Waals surface area contributed by atoms with Crippen molar-refractivity contribution in [2.24, 2.45) is 0 Å². The number of esters is 1. The number of rotatable bonds is 9. The molecule has 2 rings (SSSR count). The first-order valence-corrected chi connectivity index (χ1v) is 8.60. The number of ether oxygens (including phenoxy) is 1. The lowest BCUT2D eigenvalue weighted by molar-refractivity contribution is -0.384. The monoisotopic (exact) mass is 355 g/mol. The van der Waals surface area contributed by atoms with Crippen LogP contribution in [0.4, 0.5) is 5.69 Å². The number of ketones is 1. The second-order valence-electron chi connectivity index (χ2n) is 5.88. The van der Waals surface area contributed by atoms with Gasteiger partial charge in [0.25, 0.3) is 5.69 Å². The fraction of sp³-hybridized carbons (Fsp3) is 0.300. The fourth-order valence-corrected chi connectivity index (χ4v) is 2.53. The van der Waals surface area contributed by atoms with Gasteiger partial charge < -0.3 is 4.74 Å². The maximum atomic E-state index is 12.7. The number of unbranched alkanes of at least 4 members (excludes halogenated alkanes) is 3. The molecule has 0 amide bonds. The molecule has 0 aromatic heterocycles. The quantitative estimate of drug-likeness (QED) is 0.216. The largest absolute Gasteiger partial charge is 0.462 e. The third-order valence-electron chi connectivity index (χ3n) is 3.95. The van der Waals surface area contributed by atoms with Crippen molar-refractivity contribution in [3.63, 3.8) is 0 Å². The van der Waals surface area contributed by atoms with E-state index in [4.69, 9.17) is 4.74 Å². The van der Waals surface area contributed by atoms with E-state index in [-0.39, 0.29) is 23.4 Å². The summed E-state index contributed by atoms with van der Waals surface area (Å²) in [5.41, 5.74) is 0.123. The maximum Gasteiger partial charge on any atom is 0.338 e. The van der Waals surface area contributed by atoms with Gasteiger partial charge in [-0.25, -0.2) is 4.79 Å². The van der Waals surface area contributed by atoms with Crippen LogP contribution in [0.25, 0.3) is 0 Å². The average molecular weight is 355 g/mol. The lowest BCUT2D eigenvalue weighted by Gasteiger charge is -2.09. The average Bonchev–Trinajstić information content (AvgIpc) is 2.67. The Morgan fingerprint density at radius 1 is 1.00 bits per heavy atom. The van der Waals surface area contributed by atoms with E-state index < -0.39 is 16.7 Å². The van der Waals surface area contributed by atoms with Gasteiger partial charge in [-0.2, -0.15) is 0 Å². The number of hydrogen-bond donors (Lipinski definition) is 0. The smallest absolute Gasteiger partial charge is 0.338 e. The highest BCUT2D eigenvalue weighted by atomic mass is 16.6. The summed E-state index contributed by atoms with van der Waals surface area (Å²) in [5.74, 6) is -1.09. The van der Waals surface area contributed by atoms with Gasteiger partial charge in [0.1, 0.15) is 0 Å². The second-order valence-corrected chi connectivity index (χ2v) is 5.88. The molecule has 0 heterocycles. The van der Waals surface area contributed by atoms with Gasteiger partial charge >= 0.3 is 5.97 Å². The lowest BCUT2D eigenvalue weighted by atomic mass is 9.97. The Balaban J connectivity index is 2.26. The summed E-state index contributed by atoms with van der Waals surface area (Å²) < 4.78 is 5.24. The van der Waals surface area contributed by atoms with Gasteiger partial charge in [0, 0.05) is 23.3 Å². The van der Waals surface area contributed by atoms with Crippen molar-refractivity contribution >= 4 is 17.4 Å². The summed E-state index contributed by atoms with van der Waals surface area (Å²) in [6, 6.07) is 11.9. The zero-order valence-corrected chi connectivity index (χ0v) is 14.6. The van der Waals surface area contributed by atoms with Crippen molar-refractivity contribution in [3.8, 4) is 0 Å². The normalized spacial score (nSPS) is 10.3. The van der Waals surface area contributed by atoms with Crippen LogP contribution >= 0.6 is 0 Å². The topological polar surface area (TPSA) is 86.5 Å². The highest BCUT2D eigenvalue weighted by Gasteiger charge is 2.22. The number of hydrogen-bond acceptors (Lipinski definition) is 5. The third-order valence-corrected chi connectivity index (χ3v) is 3.95. The number of nitrogens with zero attached hydrogens (tertiary/aromatic N) is 1. The SMILES string of the molecule is CCCCCCOC(=O)c1ccc([N+](=O)[O-])cc1C(=O)c1ccccc1. The first-order valence-electron chi connectivity index (χ1n) is 8.60. The predicted molar refractivity (Wildman–Crippen MR) is 97.4 cm³/mol. The first-order chi connectivity index (χ1) is 12.5. The van der Waals surface area contributed by atoms with E-state index in [1.165, 1.54) is 12.1 Å². The van der Waals surface area contributed by atoms with Crippen LogP contribution in [-0.2, 0) is 4.74 Å². The molecule has 0 aliphatic carbocycles. The summed E-state index contributed by atoms with van der Waals surface area (Å²) in [6.45, 7) is 2.35. The lowest BCUT2D eigenvalue weighted by Crippen LogP contribution is -2.14. The minimum atomic E-state index is -0.643. The van der Waals surface area contributed by atoms with E-state index in [0.29, 0.717) is 5.56 Å². The summed E-state index contributed by atoms with van der Waals surface area (Å²) in [6.07, 6.45) is 3.84. The standard InChI is InChI=1S/C20H21NO5/c1-2-3-4-8-13-26-20(23)17-12-11-16(21(24)25)14-18(17)19(22)15-9-6-5-7-10-15/h5-7,9-12,14H,2-4,8,13H2,1H3. The summed E-state index contributed by atoms with van der Waals surface area (Å²) in [5, 5.41) is 11.0. The van der Waals surface area contributed by atoms with E-state index >= 15 is 0 Å². The number of nitro groups is 1. The molecule has 0 aliphatic heterocycles. The molecule has 2 aromatic carbocycles. The number of non-ortho nitro benzene ring substituents is 1. The van der Waals surface area contributed by atoms with E-state index in [1.54, 1.807) is 30.3 Å². The van der Waals surface area contributed by atoms with Gasteiger partial charge in [-0.1, -0.05) is 56.5 Å². The van der Waals surface area contributed by atoms with Gasteiger partial charge in [-0.15, -0.1) is 0 Å². The Labute approximate surface area is 151 Å². The van der Waals surface area contributed by atoms with Crippen molar-refractivity contribution in [2.75, 3.05) is 6.61 Å². The minimum Gasteiger partial charge on any atom is -0.462 e. The van der Waals surface area contributed by atoms with Crippen molar-refractivity contribution in [1.29, 1.82) is 0 Å². The Morgan fingerprint density at radius 3 is 2.38 bits per heavy atom. The van der Waals surface area contributed by atoms with Crippen LogP contribution in [-0.4, -0.2) is 23.3 Å². The number of carbonyl (C=O) groups is 2. The molecule has 0 saturated carbocycles. The molecule has 0 spiro atoms. The fourth-order valence-electron chi connectivity index (χ4n) is 2.53. The van der Waals surface area contributed by atoms with E-state index in [1.807, 2.05) is 0 Å². The summed E-state index contributed by atoms with van der Waals surface area (Å²) >= 11 is 0. The Hall–Kier alpha value is -3.02. The Morgan fingerprint density at radius 2 is 1.73 bits per heavy atom. The van der Waals surface area contributed by atoms with Crippen LogP contribution in [0.3, 0.4) is 0 Å². The number of nitro benzene ring substituents is 1. The molecule has 0 radical (unpaired) electrons. The molecule has 0 N–H and O–H groups in total. The predicted octanol–water partition coefficient (Wildman–Crippen LogP) is 4.56. The molecular formula is C20H21NO5. The molecule has 0 aliphatic rings. The molecule has 0 saturated heterocycles. The van der Waals surface area contributed by atoms with Crippen molar-refractivity contribution in [2.45, 2.75) is 32.6 Å². The van der Waals surface area contributed by atoms with Crippen LogP contribution < -0.4 is 0 Å².